The van der Waals surface area contributed by atoms with E-state index in [9.17, 15) is 9.59 Å². The van der Waals surface area contributed by atoms with Crippen molar-refractivity contribution in [3.8, 4) is 0 Å². The van der Waals surface area contributed by atoms with Crippen molar-refractivity contribution in [1.29, 1.82) is 0 Å². The lowest BCUT2D eigenvalue weighted by atomic mass is 10.1. The molecule has 1 atom stereocenters. The predicted molar refractivity (Wildman–Crippen MR) is 74.2 cm³/mol. The maximum Gasteiger partial charge on any atom is 0.329 e. The molecule has 2 aromatic rings. The van der Waals surface area contributed by atoms with Gasteiger partial charge in [0.1, 0.15) is 6.04 Å². The van der Waals surface area contributed by atoms with E-state index in [1.807, 2.05) is 31.2 Å². The van der Waals surface area contributed by atoms with Crippen molar-refractivity contribution in [3.05, 3.63) is 46.9 Å². The van der Waals surface area contributed by atoms with Crippen LogP contribution in [-0.2, 0) is 9.53 Å². The Kier molecular flexibility index (Phi) is 4.00. The van der Waals surface area contributed by atoms with Gasteiger partial charge in [-0.2, -0.15) is 0 Å². The number of benzene rings is 1. The summed E-state index contributed by atoms with van der Waals surface area (Å²) in [4.78, 5) is 24.3. The minimum Gasteiger partial charge on any atom is -0.464 e. The summed E-state index contributed by atoms with van der Waals surface area (Å²) in [6, 6.07) is 8.64. The third kappa shape index (κ3) is 2.52. The highest BCUT2D eigenvalue weighted by Crippen LogP contribution is 2.15. The summed E-state index contributed by atoms with van der Waals surface area (Å²) < 4.78 is 6.48. The van der Waals surface area contributed by atoms with Gasteiger partial charge in [0.05, 0.1) is 6.61 Å². The van der Waals surface area contributed by atoms with Crippen LogP contribution in [-0.4, -0.2) is 17.1 Å². The van der Waals surface area contributed by atoms with Gasteiger partial charge < -0.3 is 9.30 Å². The number of nitrogens with zero attached hydrogens (tertiary/aromatic N) is 1. The van der Waals surface area contributed by atoms with Crippen molar-refractivity contribution >= 4 is 16.7 Å². The Morgan fingerprint density at radius 1 is 1.26 bits per heavy atom. The van der Waals surface area contributed by atoms with Gasteiger partial charge in [0.2, 0.25) is 0 Å². The van der Waals surface area contributed by atoms with Gasteiger partial charge in [0, 0.05) is 11.6 Å². The van der Waals surface area contributed by atoms with Gasteiger partial charge >= 0.3 is 5.97 Å². The molecule has 0 spiro atoms. The first-order chi connectivity index (χ1) is 9.19. The van der Waals surface area contributed by atoms with E-state index in [1.165, 1.54) is 4.57 Å². The van der Waals surface area contributed by atoms with Crippen LogP contribution in [0.4, 0.5) is 0 Å². The van der Waals surface area contributed by atoms with Gasteiger partial charge in [0.25, 0.3) is 5.56 Å². The van der Waals surface area contributed by atoms with Crippen LogP contribution >= 0.6 is 0 Å². The van der Waals surface area contributed by atoms with E-state index in [0.717, 1.165) is 5.39 Å². The highest BCUT2D eigenvalue weighted by Gasteiger charge is 2.21. The molecule has 1 aromatic carbocycles. The Hall–Kier alpha value is -2.10. The smallest absolute Gasteiger partial charge is 0.329 e. The quantitative estimate of drug-likeness (QED) is 0.793. The van der Waals surface area contributed by atoms with Crippen LogP contribution in [0.15, 0.2) is 41.3 Å². The SMILES string of the molecule is CCOC(=O)C(CC)n1ccc2ccccc2c1=O. The first-order valence-electron chi connectivity index (χ1n) is 6.45. The molecule has 0 aliphatic carbocycles. The molecule has 0 fully saturated rings. The number of carbonyl (C=O) groups is 1. The number of carbonyl (C=O) groups excluding carboxylic acids is 1. The molecule has 0 aliphatic heterocycles. The molecule has 1 aromatic heterocycles. The number of esters is 1. The number of fused-ring (bicyclic) bond motifs is 1. The monoisotopic (exact) mass is 259 g/mol. The van der Waals surface area contributed by atoms with Crippen molar-refractivity contribution in [1.82, 2.24) is 4.57 Å². The van der Waals surface area contributed by atoms with Crippen LogP contribution in [0.2, 0.25) is 0 Å². The van der Waals surface area contributed by atoms with E-state index in [0.29, 0.717) is 18.4 Å². The summed E-state index contributed by atoms with van der Waals surface area (Å²) in [5.74, 6) is -0.359. The lowest BCUT2D eigenvalue weighted by Gasteiger charge is -2.17. The summed E-state index contributed by atoms with van der Waals surface area (Å²) in [5.41, 5.74) is -0.155. The van der Waals surface area contributed by atoms with Crippen molar-refractivity contribution in [3.63, 3.8) is 0 Å². The van der Waals surface area contributed by atoms with Gasteiger partial charge in [0.15, 0.2) is 0 Å². The summed E-state index contributed by atoms with van der Waals surface area (Å²) >= 11 is 0. The number of ether oxygens (including phenoxy) is 1. The number of hydrogen-bond acceptors (Lipinski definition) is 3. The average molecular weight is 259 g/mol. The van der Waals surface area contributed by atoms with E-state index in [1.54, 1.807) is 19.2 Å². The highest BCUT2D eigenvalue weighted by molar-refractivity contribution is 5.82. The number of pyridine rings is 1. The first kappa shape index (κ1) is 13.3. The molecule has 1 heterocycles. The zero-order valence-electron chi connectivity index (χ0n) is 11.1. The minimum atomic E-state index is -0.558. The van der Waals surface area contributed by atoms with Gasteiger partial charge in [-0.15, -0.1) is 0 Å². The van der Waals surface area contributed by atoms with Crippen LogP contribution in [0.25, 0.3) is 10.8 Å². The maximum atomic E-state index is 12.4. The minimum absolute atomic E-state index is 0.155. The lowest BCUT2D eigenvalue weighted by molar-refractivity contribution is -0.147. The van der Waals surface area contributed by atoms with Crippen LogP contribution in [0.5, 0.6) is 0 Å². The number of hydrogen-bond donors (Lipinski definition) is 0. The average Bonchev–Trinajstić information content (AvgIpc) is 2.43. The van der Waals surface area contributed by atoms with E-state index < -0.39 is 6.04 Å². The van der Waals surface area contributed by atoms with Crippen LogP contribution in [0, 0.1) is 0 Å². The van der Waals surface area contributed by atoms with Crippen molar-refractivity contribution < 1.29 is 9.53 Å². The van der Waals surface area contributed by atoms with Gasteiger partial charge in [-0.1, -0.05) is 25.1 Å². The fourth-order valence-corrected chi connectivity index (χ4v) is 2.17. The molecule has 0 saturated heterocycles. The fraction of sp³-hybridized carbons (Fsp3) is 0.333. The maximum absolute atomic E-state index is 12.4. The summed E-state index contributed by atoms with van der Waals surface area (Å²) in [7, 11) is 0. The third-order valence-electron chi connectivity index (χ3n) is 3.12. The Bertz CT molecular complexity index is 645. The zero-order valence-corrected chi connectivity index (χ0v) is 11.1. The molecule has 0 N–H and O–H groups in total. The molecule has 1 unspecified atom stereocenters. The van der Waals surface area contributed by atoms with Crippen LogP contribution < -0.4 is 5.56 Å². The van der Waals surface area contributed by atoms with Crippen molar-refractivity contribution in [2.24, 2.45) is 0 Å². The third-order valence-corrected chi connectivity index (χ3v) is 3.12. The van der Waals surface area contributed by atoms with Crippen molar-refractivity contribution in [2.75, 3.05) is 6.61 Å². The molecule has 4 nitrogen and oxygen atoms in total. The molecular formula is C15H17NO3. The second-order valence-electron chi connectivity index (χ2n) is 4.29. The summed E-state index contributed by atoms with van der Waals surface area (Å²) in [6.45, 7) is 3.94. The molecule has 100 valence electrons. The normalized spacial score (nSPS) is 12.3. The summed E-state index contributed by atoms with van der Waals surface area (Å²) in [6.07, 6.45) is 2.19. The first-order valence-corrected chi connectivity index (χ1v) is 6.45. The lowest BCUT2D eigenvalue weighted by Crippen LogP contribution is -2.30. The Morgan fingerprint density at radius 2 is 2.00 bits per heavy atom. The second-order valence-corrected chi connectivity index (χ2v) is 4.29. The molecule has 2 rings (SSSR count). The fourth-order valence-electron chi connectivity index (χ4n) is 2.17. The molecular weight excluding hydrogens is 242 g/mol. The van der Waals surface area contributed by atoms with E-state index in [-0.39, 0.29) is 11.5 Å². The number of aromatic nitrogens is 1. The molecule has 19 heavy (non-hydrogen) atoms. The summed E-state index contributed by atoms with van der Waals surface area (Å²) in [5, 5.41) is 1.50. The second kappa shape index (κ2) is 5.69. The van der Waals surface area contributed by atoms with Gasteiger partial charge in [-0.25, -0.2) is 4.79 Å². The molecule has 0 radical (unpaired) electrons. The standard InChI is InChI=1S/C15H17NO3/c1-3-13(15(18)19-4-2)16-10-9-11-7-5-6-8-12(11)14(16)17/h5-10,13H,3-4H2,1-2H3. The predicted octanol–water partition coefficient (Wildman–Crippen LogP) is 2.52. The van der Waals surface area contributed by atoms with Gasteiger partial charge in [-0.3, -0.25) is 4.79 Å². The molecule has 0 bridgehead atoms. The molecule has 0 aliphatic rings. The van der Waals surface area contributed by atoms with E-state index >= 15 is 0 Å². The van der Waals surface area contributed by atoms with Gasteiger partial charge in [-0.05, 0) is 30.9 Å². The van der Waals surface area contributed by atoms with E-state index in [4.69, 9.17) is 4.74 Å². The Morgan fingerprint density at radius 3 is 2.68 bits per heavy atom. The van der Waals surface area contributed by atoms with Crippen LogP contribution in [0.1, 0.15) is 26.3 Å². The Labute approximate surface area is 111 Å². The van der Waals surface area contributed by atoms with Crippen molar-refractivity contribution in [2.45, 2.75) is 26.3 Å². The van der Waals surface area contributed by atoms with E-state index in [2.05, 4.69) is 0 Å². The molecule has 4 heteroatoms. The zero-order chi connectivity index (χ0) is 13.8. The largest absolute Gasteiger partial charge is 0.464 e. The topological polar surface area (TPSA) is 48.3 Å². The Balaban J connectivity index is 2.52. The molecule has 0 amide bonds. The molecule has 0 saturated carbocycles. The van der Waals surface area contributed by atoms with Crippen LogP contribution in [0.3, 0.4) is 0 Å². The number of rotatable bonds is 4. The highest BCUT2D eigenvalue weighted by atomic mass is 16.5.